The normalized spacial score (nSPS) is 17.0. The Labute approximate surface area is 418 Å². The van der Waals surface area contributed by atoms with Crippen LogP contribution in [0.3, 0.4) is 0 Å². The molecule has 18 nitrogen and oxygen atoms in total. The van der Waals surface area contributed by atoms with Gasteiger partial charge in [-0.2, -0.15) is 0 Å². The van der Waals surface area contributed by atoms with E-state index in [2.05, 4.69) is 19.9 Å². The Morgan fingerprint density at radius 1 is 0.657 bits per heavy atom. The fourth-order valence-electron chi connectivity index (χ4n) is 8.26. The van der Waals surface area contributed by atoms with Gasteiger partial charge >= 0.3 is 37.7 Å². The van der Waals surface area contributed by atoms with E-state index in [1.54, 1.807) is 0 Å². The Morgan fingerprint density at radius 2 is 0.985 bits per heavy atom. The number of carboxylic acid groups (broad SMARTS) is 2. The quantitative estimate of drug-likeness (QED) is 0.114. The van der Waals surface area contributed by atoms with Gasteiger partial charge in [-0.25, -0.2) is 54.2 Å². The summed E-state index contributed by atoms with van der Waals surface area (Å²) in [7, 11) is -4.56. The summed E-state index contributed by atoms with van der Waals surface area (Å²) in [5.74, 6) is -5.50. The average Bonchev–Trinajstić information content (AvgIpc) is 3.20. The summed E-state index contributed by atoms with van der Waals surface area (Å²) in [5, 5.41) is 63.3. The van der Waals surface area contributed by atoms with Crippen LogP contribution in [0.15, 0.2) is 36.4 Å². The number of hydrogen-bond acceptors (Lipinski definition) is 16. The molecule has 2 aromatic heterocycles. The number of benzene rings is 2. The third kappa shape index (κ3) is 13.2. The zero-order chi connectivity index (χ0) is 49.3. The molecule has 0 amide bonds. The number of halogens is 2. The monoisotopic (exact) mass is 1000 g/mol. The molecule has 2 aliphatic rings. The summed E-state index contributed by atoms with van der Waals surface area (Å²) in [4.78, 5) is 39.5. The molecule has 0 spiro atoms. The molecule has 360 valence electrons. The standard InChI is InChI=1S/2C22H28FN3O6S.Ca/c2*1-11(2)20-17-10-16(18(28)8-13(27)9-19(29)30)15-7-12(23)5-6-14(15)21(17)25-22(24-20)26(3)33(4,31)32;/h2*5-7,11,13,16,18,27-28H,8-10H2,1-4H3,(H,29,30);/q;;+2/p-2/t13-,16+,18+;13-,16-,18+;/m11./s1. The molecule has 2 heterocycles. The Morgan fingerprint density at radius 3 is 1.27 bits per heavy atom. The largest absolute Gasteiger partial charge is 2.00 e. The van der Waals surface area contributed by atoms with Crippen molar-refractivity contribution in [3.63, 3.8) is 0 Å². The van der Waals surface area contributed by atoms with E-state index >= 15 is 0 Å². The summed E-state index contributed by atoms with van der Waals surface area (Å²) >= 11 is 0. The minimum Gasteiger partial charge on any atom is -0.550 e. The Balaban J connectivity index is 0.000000288. The first-order chi connectivity index (χ1) is 30.6. The number of nitrogens with zero attached hydrogens (tertiary/aromatic N) is 6. The van der Waals surface area contributed by atoms with Crippen LogP contribution in [-0.2, 0) is 42.5 Å². The Bertz CT molecular complexity index is 2530. The van der Waals surface area contributed by atoms with E-state index in [9.17, 15) is 65.8 Å². The zero-order valence-corrected chi connectivity index (χ0v) is 42.2. The van der Waals surface area contributed by atoms with Gasteiger partial charge in [0.05, 0.1) is 59.7 Å². The number of carbonyl (C=O) groups excluding carboxylic acids is 2. The minimum absolute atomic E-state index is 0. The maximum absolute atomic E-state index is 14.2. The van der Waals surface area contributed by atoms with Gasteiger partial charge in [0.15, 0.2) is 0 Å². The fraction of sp³-hybridized carbons (Fsp3) is 0.500. The van der Waals surface area contributed by atoms with Crippen molar-refractivity contribution in [1.82, 2.24) is 19.9 Å². The molecule has 0 fully saturated rings. The fourth-order valence-corrected chi connectivity index (χ4v) is 9.01. The number of aliphatic carboxylic acids is 2. The zero-order valence-electron chi connectivity index (χ0n) is 38.3. The average molecular weight is 1000 g/mol. The first-order valence-corrected chi connectivity index (χ1v) is 24.7. The summed E-state index contributed by atoms with van der Waals surface area (Å²) in [6.07, 6.45) is -4.23. The van der Waals surface area contributed by atoms with Crippen LogP contribution in [0.25, 0.3) is 22.5 Å². The molecule has 0 aliphatic heterocycles. The van der Waals surface area contributed by atoms with Gasteiger partial charge in [-0.15, -0.1) is 0 Å². The van der Waals surface area contributed by atoms with Crippen molar-refractivity contribution < 1.29 is 65.8 Å². The summed E-state index contributed by atoms with van der Waals surface area (Å²) < 4.78 is 78.6. The molecule has 0 saturated heterocycles. The van der Waals surface area contributed by atoms with Crippen LogP contribution >= 0.6 is 0 Å². The topological polar surface area (TPSA) is 287 Å². The predicted molar refractivity (Wildman–Crippen MR) is 241 cm³/mol. The number of sulfonamides is 2. The number of aliphatic hydroxyl groups excluding tert-OH is 4. The second-order valence-corrected chi connectivity index (χ2v) is 21.4. The molecule has 0 bridgehead atoms. The predicted octanol–water partition coefficient (Wildman–Crippen LogP) is 1.01. The summed E-state index contributed by atoms with van der Waals surface area (Å²) in [6, 6.07) is 8.07. The maximum atomic E-state index is 14.2. The maximum Gasteiger partial charge on any atom is 2.00 e. The van der Waals surface area contributed by atoms with Crippen molar-refractivity contribution in [1.29, 1.82) is 0 Å². The van der Waals surface area contributed by atoms with Gasteiger partial charge < -0.3 is 40.2 Å². The molecule has 6 rings (SSSR count). The van der Waals surface area contributed by atoms with Gasteiger partial charge in [0.2, 0.25) is 31.9 Å². The van der Waals surface area contributed by atoms with Gasteiger partial charge in [-0.1, -0.05) is 27.7 Å². The van der Waals surface area contributed by atoms with Crippen molar-refractivity contribution in [2.24, 2.45) is 0 Å². The molecular weight excluding hydrogens is 947 g/mol. The van der Waals surface area contributed by atoms with Crippen molar-refractivity contribution in [2.45, 2.75) is 114 Å². The van der Waals surface area contributed by atoms with E-state index in [0.29, 0.717) is 56.2 Å². The van der Waals surface area contributed by atoms with Crippen LogP contribution in [0.2, 0.25) is 0 Å². The third-order valence-electron chi connectivity index (χ3n) is 11.7. The number of aromatic nitrogens is 4. The third-order valence-corrected chi connectivity index (χ3v) is 14.0. The van der Waals surface area contributed by atoms with Crippen LogP contribution in [0, 0.1) is 11.6 Å². The van der Waals surface area contributed by atoms with Crippen molar-refractivity contribution in [2.75, 3.05) is 35.2 Å². The molecular formula is C44H54CaF2N6O12S2. The van der Waals surface area contributed by atoms with Crippen LogP contribution in [0.4, 0.5) is 20.7 Å². The molecule has 2 aromatic carbocycles. The number of anilines is 2. The first-order valence-electron chi connectivity index (χ1n) is 21.0. The molecule has 2 aliphatic carbocycles. The molecule has 67 heavy (non-hydrogen) atoms. The van der Waals surface area contributed by atoms with E-state index in [4.69, 9.17) is 0 Å². The van der Waals surface area contributed by atoms with Crippen LogP contribution in [0.1, 0.15) is 111 Å². The Kier molecular flexibility index (Phi) is 18.4. The van der Waals surface area contributed by atoms with Crippen LogP contribution in [-0.4, -0.2) is 158 Å². The molecule has 4 aromatic rings. The smallest absolute Gasteiger partial charge is 0.550 e. The number of carbonyl (C=O) groups is 2. The van der Waals surface area contributed by atoms with Gasteiger partial charge in [0.25, 0.3) is 0 Å². The molecule has 4 N–H and O–H groups in total. The number of rotatable bonds is 16. The minimum atomic E-state index is -3.63. The number of carboxylic acids is 2. The van der Waals surface area contributed by atoms with Crippen LogP contribution < -0.4 is 18.8 Å². The van der Waals surface area contributed by atoms with Gasteiger partial charge in [0.1, 0.15) is 11.6 Å². The number of hydrogen-bond donors (Lipinski definition) is 4. The first kappa shape index (κ1) is 55.6. The number of fused-ring (bicyclic) bond motifs is 6. The summed E-state index contributed by atoms with van der Waals surface area (Å²) in [6.45, 7) is 7.56. The van der Waals surface area contributed by atoms with E-state index < -0.39 is 92.7 Å². The number of aliphatic hydroxyl groups is 4. The van der Waals surface area contributed by atoms with Gasteiger partial charge in [0, 0.05) is 85.8 Å². The van der Waals surface area contributed by atoms with E-state index in [1.165, 1.54) is 50.5 Å². The van der Waals surface area contributed by atoms with Gasteiger partial charge in [-0.3, -0.25) is 0 Å². The molecule has 23 heteroatoms. The second kappa shape index (κ2) is 22.2. The van der Waals surface area contributed by atoms with Crippen LogP contribution in [0.5, 0.6) is 0 Å². The van der Waals surface area contributed by atoms with E-state index in [0.717, 1.165) is 21.1 Å². The van der Waals surface area contributed by atoms with E-state index in [1.807, 2.05) is 27.7 Å². The van der Waals surface area contributed by atoms with Gasteiger partial charge in [-0.05, 0) is 72.2 Å². The molecule has 0 saturated carbocycles. The molecule has 0 unspecified atom stereocenters. The molecule has 0 radical (unpaired) electrons. The SMILES string of the molecule is CC(C)c1nc(N(C)S(C)(=O)=O)nc2c1C[C@@H]([C@@H](O)C[C@@H](O)CC(=O)[O-])c1cc(F)ccc1-2.CC(C)c1nc(N(C)S(C)(=O)=O)nc2c1C[C@H]([C@@H](O)C[C@@H](O)CC(=O)[O-])c1cc(F)ccc1-2.[Ca+2]. The molecule has 6 atom stereocenters. The van der Waals surface area contributed by atoms with Crippen molar-refractivity contribution in [3.8, 4) is 22.5 Å². The van der Waals surface area contributed by atoms with E-state index in [-0.39, 0.29) is 87.2 Å². The van der Waals surface area contributed by atoms with Crippen molar-refractivity contribution in [3.05, 3.63) is 81.7 Å². The second-order valence-electron chi connectivity index (χ2n) is 17.4. The van der Waals surface area contributed by atoms with Crippen molar-refractivity contribution >= 4 is 81.6 Å². The Hall–Kier alpha value is -4.00. The summed E-state index contributed by atoms with van der Waals surface area (Å²) in [5.41, 5.74) is 5.38.